The lowest BCUT2D eigenvalue weighted by atomic mass is 10.00. The third-order valence-electron chi connectivity index (χ3n) is 5.88. The molecule has 1 aliphatic rings. The summed E-state index contributed by atoms with van der Waals surface area (Å²) in [6.07, 6.45) is 3.68. The van der Waals surface area contributed by atoms with E-state index in [0.29, 0.717) is 13.2 Å². The predicted octanol–water partition coefficient (Wildman–Crippen LogP) is 4.64. The Morgan fingerprint density at radius 2 is 1.84 bits per heavy atom. The van der Waals surface area contributed by atoms with E-state index in [1.54, 1.807) is 19.4 Å². The van der Waals surface area contributed by atoms with Gasteiger partial charge in [0.2, 0.25) is 0 Å². The molecule has 0 amide bonds. The van der Waals surface area contributed by atoms with E-state index >= 15 is 0 Å². The van der Waals surface area contributed by atoms with Gasteiger partial charge < -0.3 is 14.6 Å². The average Bonchev–Trinajstić information content (AvgIpc) is 2.84. The van der Waals surface area contributed by atoms with Gasteiger partial charge in [0, 0.05) is 25.8 Å². The number of nitrogens with zero attached hydrogens (tertiary/aromatic N) is 2. The molecule has 1 aromatic heterocycles. The largest absolute Gasteiger partial charge is 0.497 e. The predicted molar refractivity (Wildman–Crippen MR) is 123 cm³/mol. The molecule has 0 spiro atoms. The second kappa shape index (κ2) is 10.4. The lowest BCUT2D eigenvalue weighted by molar-refractivity contribution is -0.00397. The number of hydrogen-bond acceptors (Lipinski definition) is 5. The van der Waals surface area contributed by atoms with Crippen molar-refractivity contribution in [2.75, 3.05) is 20.2 Å². The maximum absolute atomic E-state index is 11.2. The van der Waals surface area contributed by atoms with Crippen molar-refractivity contribution in [1.82, 2.24) is 9.88 Å². The van der Waals surface area contributed by atoms with Gasteiger partial charge >= 0.3 is 5.97 Å². The van der Waals surface area contributed by atoms with Crippen LogP contribution in [0.25, 0.3) is 11.1 Å². The van der Waals surface area contributed by atoms with Crippen molar-refractivity contribution in [1.29, 1.82) is 0 Å². The highest BCUT2D eigenvalue weighted by molar-refractivity contribution is 5.87. The van der Waals surface area contributed by atoms with Crippen molar-refractivity contribution >= 4 is 5.97 Å². The van der Waals surface area contributed by atoms with E-state index in [2.05, 4.69) is 40.2 Å². The molecule has 1 fully saturated rings. The number of ether oxygens (including phenoxy) is 2. The number of aromatic nitrogens is 1. The minimum atomic E-state index is -0.921. The van der Waals surface area contributed by atoms with Crippen molar-refractivity contribution < 1.29 is 19.4 Å². The summed E-state index contributed by atoms with van der Waals surface area (Å²) in [5.74, 6) is -0.0743. The molecule has 4 rings (SSSR count). The monoisotopic (exact) mass is 432 g/mol. The van der Waals surface area contributed by atoms with Gasteiger partial charge in [-0.1, -0.05) is 36.4 Å². The minimum Gasteiger partial charge on any atom is -0.497 e. The summed E-state index contributed by atoms with van der Waals surface area (Å²) in [5.41, 5.74) is 4.57. The standard InChI is InChI=1S/C26H28N2O4/c1-31-23-8-6-19(7-9-23)25-5-3-2-4-21(25)18-32-24-11-14-28(15-12-24)17-22-16-20(26(29)30)10-13-27-22/h2-10,13,16,24H,11-12,14-15,17-18H2,1H3,(H,29,30). The summed E-state index contributed by atoms with van der Waals surface area (Å²) in [7, 11) is 1.67. The molecule has 1 N–H and O–H groups in total. The minimum absolute atomic E-state index is 0.216. The fraction of sp³-hybridized carbons (Fsp3) is 0.308. The topological polar surface area (TPSA) is 71.9 Å². The van der Waals surface area contributed by atoms with Crippen molar-refractivity contribution in [2.24, 2.45) is 0 Å². The summed E-state index contributed by atoms with van der Waals surface area (Å²) >= 11 is 0. The highest BCUT2D eigenvalue weighted by Gasteiger charge is 2.21. The third-order valence-corrected chi connectivity index (χ3v) is 5.88. The van der Waals surface area contributed by atoms with E-state index < -0.39 is 5.97 Å². The Labute approximate surface area is 188 Å². The summed E-state index contributed by atoms with van der Waals surface area (Å²) in [6, 6.07) is 19.6. The van der Waals surface area contributed by atoms with Gasteiger partial charge in [0.25, 0.3) is 0 Å². The number of hydrogen-bond donors (Lipinski definition) is 1. The molecule has 166 valence electrons. The van der Waals surface area contributed by atoms with Crippen LogP contribution in [0.1, 0.15) is 34.5 Å². The molecular formula is C26H28N2O4. The zero-order valence-corrected chi connectivity index (χ0v) is 18.2. The van der Waals surface area contributed by atoms with E-state index in [1.807, 2.05) is 18.2 Å². The van der Waals surface area contributed by atoms with Crippen LogP contribution in [-0.4, -0.2) is 47.3 Å². The Balaban J connectivity index is 1.31. The Kier molecular flexibility index (Phi) is 7.14. The lowest BCUT2D eigenvalue weighted by Crippen LogP contribution is -2.36. The highest BCUT2D eigenvalue weighted by atomic mass is 16.5. The molecule has 6 heteroatoms. The van der Waals surface area contributed by atoms with Crippen LogP contribution in [0.2, 0.25) is 0 Å². The fourth-order valence-corrected chi connectivity index (χ4v) is 4.07. The highest BCUT2D eigenvalue weighted by Crippen LogP contribution is 2.27. The normalized spacial score (nSPS) is 14.9. The summed E-state index contributed by atoms with van der Waals surface area (Å²) in [6.45, 7) is 3.05. The number of carboxylic acid groups (broad SMARTS) is 1. The first-order valence-corrected chi connectivity index (χ1v) is 10.9. The molecule has 0 unspecified atom stereocenters. The second-order valence-corrected chi connectivity index (χ2v) is 8.01. The van der Waals surface area contributed by atoms with Gasteiger partial charge in [-0.05, 0) is 53.8 Å². The van der Waals surface area contributed by atoms with Gasteiger partial charge in [0.15, 0.2) is 0 Å². The maximum Gasteiger partial charge on any atom is 0.335 e. The Bertz CT molecular complexity index is 1040. The van der Waals surface area contributed by atoms with Gasteiger partial charge in [0.1, 0.15) is 5.75 Å². The summed E-state index contributed by atoms with van der Waals surface area (Å²) in [5, 5.41) is 9.16. The van der Waals surface area contributed by atoms with Crippen LogP contribution in [0.4, 0.5) is 0 Å². The molecule has 2 heterocycles. The Morgan fingerprint density at radius 1 is 1.09 bits per heavy atom. The van der Waals surface area contributed by atoms with Crippen LogP contribution >= 0.6 is 0 Å². The number of methoxy groups -OCH3 is 1. The smallest absolute Gasteiger partial charge is 0.335 e. The Hall–Kier alpha value is -3.22. The Morgan fingerprint density at radius 3 is 2.56 bits per heavy atom. The number of benzene rings is 2. The number of aromatic carboxylic acids is 1. The molecular weight excluding hydrogens is 404 g/mol. The first kappa shape index (κ1) is 22.0. The zero-order valence-electron chi connectivity index (χ0n) is 18.2. The number of carboxylic acids is 1. The van der Waals surface area contributed by atoms with Crippen LogP contribution in [0.15, 0.2) is 66.9 Å². The SMILES string of the molecule is COc1ccc(-c2ccccc2COC2CCN(Cc3cc(C(=O)O)ccn3)CC2)cc1. The van der Waals surface area contributed by atoms with Crippen molar-refractivity contribution in [3.8, 4) is 16.9 Å². The fourth-order valence-electron chi connectivity index (χ4n) is 4.07. The molecule has 2 aromatic carbocycles. The molecule has 0 radical (unpaired) electrons. The van der Waals surface area contributed by atoms with Gasteiger partial charge in [-0.2, -0.15) is 0 Å². The number of piperidine rings is 1. The summed E-state index contributed by atoms with van der Waals surface area (Å²) in [4.78, 5) is 17.8. The molecule has 0 aliphatic carbocycles. The average molecular weight is 433 g/mol. The zero-order chi connectivity index (χ0) is 22.3. The first-order valence-electron chi connectivity index (χ1n) is 10.9. The van der Waals surface area contributed by atoms with E-state index in [-0.39, 0.29) is 11.7 Å². The van der Waals surface area contributed by atoms with E-state index in [0.717, 1.165) is 42.9 Å². The van der Waals surface area contributed by atoms with Crippen LogP contribution in [0.3, 0.4) is 0 Å². The number of carbonyl (C=O) groups is 1. The molecule has 0 atom stereocenters. The summed E-state index contributed by atoms with van der Waals surface area (Å²) < 4.78 is 11.5. The van der Waals surface area contributed by atoms with Gasteiger partial charge in [0.05, 0.1) is 31.1 Å². The maximum atomic E-state index is 11.2. The van der Waals surface area contributed by atoms with Crippen LogP contribution < -0.4 is 4.74 Å². The van der Waals surface area contributed by atoms with Gasteiger partial charge in [-0.3, -0.25) is 9.88 Å². The van der Waals surface area contributed by atoms with E-state index in [1.165, 1.54) is 17.2 Å². The van der Waals surface area contributed by atoms with Crippen LogP contribution in [-0.2, 0) is 17.9 Å². The molecule has 0 bridgehead atoms. The second-order valence-electron chi connectivity index (χ2n) is 8.01. The molecule has 6 nitrogen and oxygen atoms in total. The third kappa shape index (κ3) is 5.52. The van der Waals surface area contributed by atoms with Gasteiger partial charge in [-0.15, -0.1) is 0 Å². The lowest BCUT2D eigenvalue weighted by Gasteiger charge is -2.31. The van der Waals surface area contributed by atoms with Crippen LogP contribution in [0, 0.1) is 0 Å². The first-order chi connectivity index (χ1) is 15.6. The van der Waals surface area contributed by atoms with Crippen molar-refractivity contribution in [2.45, 2.75) is 32.1 Å². The van der Waals surface area contributed by atoms with E-state index in [4.69, 9.17) is 14.6 Å². The van der Waals surface area contributed by atoms with Crippen molar-refractivity contribution in [3.63, 3.8) is 0 Å². The van der Waals surface area contributed by atoms with Gasteiger partial charge in [-0.25, -0.2) is 4.79 Å². The number of pyridine rings is 1. The van der Waals surface area contributed by atoms with Crippen molar-refractivity contribution in [3.05, 3.63) is 83.7 Å². The molecule has 32 heavy (non-hydrogen) atoms. The molecule has 3 aromatic rings. The molecule has 1 saturated heterocycles. The quantitative estimate of drug-likeness (QED) is 0.559. The number of likely N-dealkylation sites (tertiary alicyclic amines) is 1. The van der Waals surface area contributed by atoms with E-state index in [9.17, 15) is 4.79 Å². The molecule has 0 saturated carbocycles. The van der Waals surface area contributed by atoms with Crippen LogP contribution in [0.5, 0.6) is 5.75 Å². The molecule has 1 aliphatic heterocycles. The number of rotatable bonds is 8.